The molecule has 3 N–H and O–H groups in total. The predicted octanol–water partition coefficient (Wildman–Crippen LogP) is 1.15. The van der Waals surface area contributed by atoms with E-state index >= 15 is 0 Å². The summed E-state index contributed by atoms with van der Waals surface area (Å²) in [5.41, 5.74) is 8.10. The highest BCUT2D eigenvalue weighted by Gasteiger charge is 2.04. The van der Waals surface area contributed by atoms with E-state index in [1.54, 1.807) is 0 Å². The average molecular weight is 217 g/mol. The van der Waals surface area contributed by atoms with E-state index in [2.05, 4.69) is 39.7 Å². The van der Waals surface area contributed by atoms with Crippen molar-refractivity contribution in [2.45, 2.75) is 25.8 Å². The van der Waals surface area contributed by atoms with Gasteiger partial charge in [0.15, 0.2) is 0 Å². The van der Waals surface area contributed by atoms with E-state index in [0.717, 1.165) is 18.4 Å². The average Bonchev–Trinajstić information content (AvgIpc) is 2.83. The maximum atomic E-state index is 5.90. The van der Waals surface area contributed by atoms with Crippen molar-refractivity contribution in [2.75, 3.05) is 0 Å². The van der Waals surface area contributed by atoms with Gasteiger partial charge in [0.1, 0.15) is 0 Å². The summed E-state index contributed by atoms with van der Waals surface area (Å²) in [6.45, 7) is 2.10. The Kier molecular flexibility index (Phi) is 3.26. The van der Waals surface area contributed by atoms with Crippen molar-refractivity contribution in [3.8, 4) is 11.4 Å². The molecule has 0 radical (unpaired) electrons. The van der Waals surface area contributed by atoms with Crippen LogP contribution in [-0.2, 0) is 6.42 Å². The molecular weight excluding hydrogens is 202 g/mol. The van der Waals surface area contributed by atoms with Crippen LogP contribution in [-0.4, -0.2) is 26.7 Å². The summed E-state index contributed by atoms with van der Waals surface area (Å²) < 4.78 is 0. The monoisotopic (exact) mass is 217 g/mol. The predicted molar refractivity (Wildman–Crippen MR) is 61.6 cm³/mol. The molecule has 0 spiro atoms. The molecule has 0 bridgehead atoms. The van der Waals surface area contributed by atoms with Gasteiger partial charge in [-0.3, -0.25) is 0 Å². The van der Waals surface area contributed by atoms with Crippen LogP contribution < -0.4 is 5.73 Å². The van der Waals surface area contributed by atoms with Crippen LogP contribution in [0, 0.1) is 0 Å². The lowest BCUT2D eigenvalue weighted by Gasteiger charge is -2.08. The summed E-state index contributed by atoms with van der Waals surface area (Å²) in [6, 6.07) is 8.32. The van der Waals surface area contributed by atoms with Crippen molar-refractivity contribution in [1.29, 1.82) is 0 Å². The SMILES string of the molecule is CCC(N)Cc1ccc(-c2nn[nH]n2)cc1. The quantitative estimate of drug-likeness (QED) is 0.805. The Morgan fingerprint density at radius 3 is 2.62 bits per heavy atom. The van der Waals surface area contributed by atoms with E-state index in [1.165, 1.54) is 5.56 Å². The van der Waals surface area contributed by atoms with E-state index in [0.29, 0.717) is 5.82 Å². The number of H-pyrrole nitrogens is 1. The molecule has 0 fully saturated rings. The number of nitrogens with one attached hydrogen (secondary N) is 1. The number of benzene rings is 1. The number of aromatic amines is 1. The summed E-state index contributed by atoms with van der Waals surface area (Å²) >= 11 is 0. The van der Waals surface area contributed by atoms with Crippen LogP contribution >= 0.6 is 0 Å². The second kappa shape index (κ2) is 4.85. The van der Waals surface area contributed by atoms with Crippen LogP contribution in [0.2, 0.25) is 0 Å². The number of nitrogens with two attached hydrogens (primary N) is 1. The molecule has 1 heterocycles. The van der Waals surface area contributed by atoms with Gasteiger partial charge in [-0.15, -0.1) is 10.2 Å². The first-order valence-electron chi connectivity index (χ1n) is 5.38. The standard InChI is InChI=1S/C11H15N5/c1-2-10(12)7-8-3-5-9(6-4-8)11-13-15-16-14-11/h3-6,10H,2,7,12H2,1H3,(H,13,14,15,16). The lowest BCUT2D eigenvalue weighted by atomic mass is 10.0. The van der Waals surface area contributed by atoms with Gasteiger partial charge < -0.3 is 5.73 Å². The minimum atomic E-state index is 0.232. The molecule has 0 amide bonds. The number of nitrogens with zero attached hydrogens (tertiary/aromatic N) is 3. The maximum absolute atomic E-state index is 5.90. The van der Waals surface area contributed by atoms with Gasteiger partial charge in [-0.25, -0.2) is 0 Å². The Hall–Kier alpha value is -1.75. The molecule has 1 aromatic heterocycles. The third-order valence-electron chi connectivity index (χ3n) is 2.58. The fourth-order valence-electron chi connectivity index (χ4n) is 1.52. The Balaban J connectivity index is 2.11. The number of hydrogen-bond acceptors (Lipinski definition) is 4. The zero-order chi connectivity index (χ0) is 11.4. The molecule has 1 unspecified atom stereocenters. The molecule has 0 saturated carbocycles. The molecular formula is C11H15N5. The zero-order valence-corrected chi connectivity index (χ0v) is 9.22. The van der Waals surface area contributed by atoms with Crippen molar-refractivity contribution in [2.24, 2.45) is 5.73 Å². The van der Waals surface area contributed by atoms with Gasteiger partial charge in [0, 0.05) is 11.6 Å². The van der Waals surface area contributed by atoms with Gasteiger partial charge in [0.05, 0.1) is 0 Å². The summed E-state index contributed by atoms with van der Waals surface area (Å²) in [7, 11) is 0. The number of tetrazole rings is 1. The van der Waals surface area contributed by atoms with Crippen molar-refractivity contribution >= 4 is 0 Å². The molecule has 16 heavy (non-hydrogen) atoms. The lowest BCUT2D eigenvalue weighted by Crippen LogP contribution is -2.21. The van der Waals surface area contributed by atoms with Crippen molar-refractivity contribution < 1.29 is 0 Å². The van der Waals surface area contributed by atoms with Crippen LogP contribution in [0.1, 0.15) is 18.9 Å². The lowest BCUT2D eigenvalue weighted by molar-refractivity contribution is 0.646. The molecule has 0 aliphatic heterocycles. The Morgan fingerprint density at radius 2 is 2.06 bits per heavy atom. The second-order valence-corrected chi connectivity index (χ2v) is 3.80. The van der Waals surface area contributed by atoms with Crippen LogP contribution in [0.15, 0.2) is 24.3 Å². The zero-order valence-electron chi connectivity index (χ0n) is 9.22. The van der Waals surface area contributed by atoms with Gasteiger partial charge >= 0.3 is 0 Å². The highest BCUT2D eigenvalue weighted by atomic mass is 15.5. The van der Waals surface area contributed by atoms with Crippen LogP contribution in [0.5, 0.6) is 0 Å². The third-order valence-corrected chi connectivity index (χ3v) is 2.58. The molecule has 0 saturated heterocycles. The maximum Gasteiger partial charge on any atom is 0.204 e. The molecule has 1 aromatic carbocycles. The van der Waals surface area contributed by atoms with Gasteiger partial charge in [0.2, 0.25) is 5.82 Å². The van der Waals surface area contributed by atoms with Gasteiger partial charge in [-0.1, -0.05) is 31.2 Å². The minimum absolute atomic E-state index is 0.232. The second-order valence-electron chi connectivity index (χ2n) is 3.80. The van der Waals surface area contributed by atoms with Crippen molar-refractivity contribution in [3.63, 3.8) is 0 Å². The van der Waals surface area contributed by atoms with E-state index in [9.17, 15) is 0 Å². The van der Waals surface area contributed by atoms with Crippen LogP contribution in [0.25, 0.3) is 11.4 Å². The Bertz CT molecular complexity index is 420. The molecule has 5 nitrogen and oxygen atoms in total. The Labute approximate surface area is 94.1 Å². The first-order valence-corrected chi connectivity index (χ1v) is 5.38. The number of hydrogen-bond donors (Lipinski definition) is 2. The third kappa shape index (κ3) is 2.43. The van der Waals surface area contributed by atoms with Crippen molar-refractivity contribution in [3.05, 3.63) is 29.8 Å². The van der Waals surface area contributed by atoms with E-state index in [1.807, 2.05) is 12.1 Å². The summed E-state index contributed by atoms with van der Waals surface area (Å²) in [4.78, 5) is 0. The topological polar surface area (TPSA) is 80.5 Å². The largest absolute Gasteiger partial charge is 0.327 e. The van der Waals surface area contributed by atoms with Gasteiger partial charge in [-0.2, -0.15) is 5.21 Å². The smallest absolute Gasteiger partial charge is 0.204 e. The fourth-order valence-corrected chi connectivity index (χ4v) is 1.52. The molecule has 2 aromatic rings. The summed E-state index contributed by atoms with van der Waals surface area (Å²) in [5.74, 6) is 0.617. The number of aromatic nitrogens is 4. The van der Waals surface area contributed by atoms with Crippen LogP contribution in [0.4, 0.5) is 0 Å². The van der Waals surface area contributed by atoms with Crippen molar-refractivity contribution in [1.82, 2.24) is 20.6 Å². The van der Waals surface area contributed by atoms with Crippen LogP contribution in [0.3, 0.4) is 0 Å². The first-order chi connectivity index (χ1) is 7.79. The highest BCUT2D eigenvalue weighted by Crippen LogP contribution is 2.14. The van der Waals surface area contributed by atoms with E-state index in [-0.39, 0.29) is 6.04 Å². The van der Waals surface area contributed by atoms with E-state index in [4.69, 9.17) is 5.73 Å². The first kappa shape index (κ1) is 10.8. The normalized spacial score (nSPS) is 12.6. The van der Waals surface area contributed by atoms with Gasteiger partial charge in [-0.05, 0) is 23.6 Å². The molecule has 2 rings (SSSR count). The number of rotatable bonds is 4. The highest BCUT2D eigenvalue weighted by molar-refractivity contribution is 5.54. The Morgan fingerprint density at radius 1 is 1.31 bits per heavy atom. The fraction of sp³-hybridized carbons (Fsp3) is 0.364. The molecule has 84 valence electrons. The molecule has 0 aliphatic carbocycles. The molecule has 5 heteroatoms. The van der Waals surface area contributed by atoms with E-state index < -0.39 is 0 Å². The molecule has 0 aliphatic rings. The molecule has 1 atom stereocenters. The van der Waals surface area contributed by atoms with Gasteiger partial charge in [0.25, 0.3) is 0 Å². The summed E-state index contributed by atoms with van der Waals surface area (Å²) in [5, 5.41) is 13.8. The minimum Gasteiger partial charge on any atom is -0.327 e. The summed E-state index contributed by atoms with van der Waals surface area (Å²) in [6.07, 6.45) is 1.90.